The van der Waals surface area contributed by atoms with E-state index in [-0.39, 0.29) is 12.5 Å². The van der Waals surface area contributed by atoms with Gasteiger partial charge in [0.1, 0.15) is 6.54 Å². The van der Waals surface area contributed by atoms with Crippen LogP contribution < -0.4 is 4.80 Å². The number of thiazole rings is 1. The molecule has 4 rings (SSSR count). The maximum Gasteiger partial charge on any atom is 0.281 e. The van der Waals surface area contributed by atoms with Crippen molar-refractivity contribution in [3.63, 3.8) is 0 Å². The number of carbonyl (C=O) groups is 2. The highest BCUT2D eigenvalue weighted by Gasteiger charge is 2.19. The molecule has 0 unspecified atom stereocenters. The number of fused-ring (bicyclic) bond motifs is 1. The Morgan fingerprint density at radius 1 is 1.07 bits per heavy atom. The quantitative estimate of drug-likeness (QED) is 0.660. The van der Waals surface area contributed by atoms with Crippen LogP contribution in [0.25, 0.3) is 10.2 Å². The number of para-hydroxylation sites is 1. The molecule has 144 valence electrons. The minimum atomic E-state index is -0.426. The Bertz CT molecular complexity index is 1100. The molecule has 28 heavy (non-hydrogen) atoms. The van der Waals surface area contributed by atoms with E-state index in [1.165, 1.54) is 11.3 Å². The number of aromatic nitrogens is 1. The summed E-state index contributed by atoms with van der Waals surface area (Å²) in [5, 5.41) is 0.355. The Morgan fingerprint density at radius 3 is 2.57 bits per heavy atom. The summed E-state index contributed by atoms with van der Waals surface area (Å²) in [6.07, 6.45) is 0. The van der Waals surface area contributed by atoms with Gasteiger partial charge in [0.25, 0.3) is 5.91 Å². The molecule has 1 aliphatic rings. The number of rotatable bonds is 3. The molecule has 0 radical (unpaired) electrons. The first-order chi connectivity index (χ1) is 13.6. The molecule has 1 saturated heterocycles. The number of morpholine rings is 1. The van der Waals surface area contributed by atoms with Crippen molar-refractivity contribution < 1.29 is 14.3 Å². The summed E-state index contributed by atoms with van der Waals surface area (Å²) in [5.74, 6) is -0.441. The van der Waals surface area contributed by atoms with Crippen molar-refractivity contribution in [3.8, 4) is 0 Å². The van der Waals surface area contributed by atoms with E-state index in [2.05, 4.69) is 4.99 Å². The zero-order chi connectivity index (χ0) is 19.5. The van der Waals surface area contributed by atoms with E-state index in [1.807, 2.05) is 24.3 Å². The second-order valence-corrected chi connectivity index (χ2v) is 7.74. The Labute approximate surface area is 170 Å². The molecule has 1 aliphatic heterocycles. The van der Waals surface area contributed by atoms with Crippen LogP contribution in [0.2, 0.25) is 5.02 Å². The van der Waals surface area contributed by atoms with Gasteiger partial charge >= 0.3 is 0 Å². The highest BCUT2D eigenvalue weighted by atomic mass is 35.5. The van der Waals surface area contributed by atoms with Crippen molar-refractivity contribution in [1.29, 1.82) is 0 Å². The minimum absolute atomic E-state index is 0.0153. The molecule has 3 aromatic rings. The Kier molecular flexibility index (Phi) is 5.57. The first-order valence-corrected chi connectivity index (χ1v) is 10.1. The SMILES string of the molecule is O=C(N=c1sc2ccccc2n1CC(=O)N1CCOCC1)c1ccccc1Cl. The largest absolute Gasteiger partial charge is 0.378 e. The number of halogens is 1. The third kappa shape index (κ3) is 3.87. The van der Waals surface area contributed by atoms with Crippen LogP contribution in [0.15, 0.2) is 53.5 Å². The lowest BCUT2D eigenvalue weighted by molar-refractivity contribution is -0.135. The van der Waals surface area contributed by atoms with Crippen LogP contribution in [0.1, 0.15) is 10.4 Å². The van der Waals surface area contributed by atoms with E-state index in [0.717, 1.165) is 10.2 Å². The topological polar surface area (TPSA) is 63.9 Å². The van der Waals surface area contributed by atoms with Gasteiger partial charge in [0, 0.05) is 13.1 Å². The van der Waals surface area contributed by atoms with Crippen molar-refractivity contribution in [2.45, 2.75) is 6.54 Å². The van der Waals surface area contributed by atoms with Gasteiger partial charge in [-0.25, -0.2) is 0 Å². The van der Waals surface area contributed by atoms with Gasteiger partial charge in [-0.2, -0.15) is 4.99 Å². The number of hydrogen-bond acceptors (Lipinski definition) is 4. The van der Waals surface area contributed by atoms with Crippen LogP contribution in [0.4, 0.5) is 0 Å². The van der Waals surface area contributed by atoms with Crippen LogP contribution >= 0.6 is 22.9 Å². The molecule has 8 heteroatoms. The molecule has 0 N–H and O–H groups in total. The van der Waals surface area contributed by atoms with Gasteiger partial charge in [0.2, 0.25) is 5.91 Å². The molecule has 2 amide bonds. The average Bonchev–Trinajstić information content (AvgIpc) is 3.06. The number of carbonyl (C=O) groups excluding carboxylic acids is 2. The van der Waals surface area contributed by atoms with E-state index >= 15 is 0 Å². The van der Waals surface area contributed by atoms with Gasteiger partial charge in [-0.15, -0.1) is 0 Å². The predicted octanol–water partition coefficient (Wildman–Crippen LogP) is 2.96. The predicted molar refractivity (Wildman–Crippen MR) is 109 cm³/mol. The summed E-state index contributed by atoms with van der Waals surface area (Å²) >= 11 is 7.51. The molecule has 0 aliphatic carbocycles. The molecular weight excluding hydrogens is 398 g/mol. The molecule has 1 aromatic heterocycles. The summed E-state index contributed by atoms with van der Waals surface area (Å²) < 4.78 is 8.08. The molecule has 0 atom stereocenters. The number of hydrogen-bond donors (Lipinski definition) is 0. The summed E-state index contributed by atoms with van der Waals surface area (Å²) in [5.41, 5.74) is 1.22. The van der Waals surface area contributed by atoms with E-state index in [4.69, 9.17) is 16.3 Å². The summed E-state index contributed by atoms with van der Waals surface area (Å²) in [6, 6.07) is 14.5. The van der Waals surface area contributed by atoms with Crippen LogP contribution in [0.3, 0.4) is 0 Å². The van der Waals surface area contributed by atoms with Crippen LogP contribution in [0.5, 0.6) is 0 Å². The summed E-state index contributed by atoms with van der Waals surface area (Å²) in [7, 11) is 0. The second-order valence-electron chi connectivity index (χ2n) is 6.33. The monoisotopic (exact) mass is 415 g/mol. The Hall–Kier alpha value is -2.48. The number of ether oxygens (including phenoxy) is 1. The fourth-order valence-corrected chi connectivity index (χ4v) is 4.33. The second kappa shape index (κ2) is 8.26. The van der Waals surface area contributed by atoms with E-state index in [9.17, 15) is 9.59 Å². The van der Waals surface area contributed by atoms with Crippen molar-refractivity contribution >= 4 is 45.0 Å². The van der Waals surface area contributed by atoms with Gasteiger partial charge in [-0.05, 0) is 24.3 Å². The summed E-state index contributed by atoms with van der Waals surface area (Å²) in [6.45, 7) is 2.36. The lowest BCUT2D eigenvalue weighted by atomic mass is 10.2. The third-order valence-electron chi connectivity index (χ3n) is 4.55. The van der Waals surface area contributed by atoms with Crippen molar-refractivity contribution in [2.24, 2.45) is 4.99 Å². The molecule has 6 nitrogen and oxygen atoms in total. The lowest BCUT2D eigenvalue weighted by Crippen LogP contribution is -2.43. The highest BCUT2D eigenvalue weighted by molar-refractivity contribution is 7.16. The van der Waals surface area contributed by atoms with E-state index < -0.39 is 5.91 Å². The number of amides is 2. The Morgan fingerprint density at radius 2 is 1.79 bits per heavy atom. The summed E-state index contributed by atoms with van der Waals surface area (Å²) in [4.78, 5) is 32.0. The maximum atomic E-state index is 12.8. The molecular formula is C20H18ClN3O3S. The first-order valence-electron chi connectivity index (χ1n) is 8.91. The fourth-order valence-electron chi connectivity index (χ4n) is 3.09. The van der Waals surface area contributed by atoms with Crippen LogP contribution in [-0.4, -0.2) is 47.6 Å². The number of benzene rings is 2. The van der Waals surface area contributed by atoms with Crippen LogP contribution in [-0.2, 0) is 16.1 Å². The molecule has 0 spiro atoms. The first kappa shape index (κ1) is 18.9. The van der Waals surface area contributed by atoms with Gasteiger partial charge in [-0.1, -0.05) is 47.2 Å². The average molecular weight is 416 g/mol. The zero-order valence-corrected chi connectivity index (χ0v) is 16.6. The normalized spacial score (nSPS) is 15.2. The molecule has 1 fully saturated rings. The van der Waals surface area contributed by atoms with Gasteiger partial charge in [-0.3, -0.25) is 9.59 Å². The zero-order valence-electron chi connectivity index (χ0n) is 15.0. The van der Waals surface area contributed by atoms with E-state index in [1.54, 1.807) is 33.7 Å². The lowest BCUT2D eigenvalue weighted by Gasteiger charge is -2.27. The van der Waals surface area contributed by atoms with Gasteiger partial charge in [0.15, 0.2) is 4.80 Å². The maximum absolute atomic E-state index is 12.8. The van der Waals surface area contributed by atoms with Gasteiger partial charge in [0.05, 0.1) is 34.0 Å². The highest BCUT2D eigenvalue weighted by Crippen LogP contribution is 2.19. The van der Waals surface area contributed by atoms with E-state index in [0.29, 0.717) is 41.7 Å². The third-order valence-corrected chi connectivity index (χ3v) is 5.94. The number of nitrogens with zero attached hydrogens (tertiary/aromatic N) is 3. The minimum Gasteiger partial charge on any atom is -0.378 e. The van der Waals surface area contributed by atoms with Crippen molar-refractivity contribution in [2.75, 3.05) is 26.3 Å². The fraction of sp³-hybridized carbons (Fsp3) is 0.250. The molecule has 2 aromatic carbocycles. The van der Waals surface area contributed by atoms with Crippen molar-refractivity contribution in [1.82, 2.24) is 9.47 Å². The smallest absolute Gasteiger partial charge is 0.281 e. The molecule has 0 saturated carbocycles. The molecule has 2 heterocycles. The Balaban J connectivity index is 1.74. The van der Waals surface area contributed by atoms with Crippen molar-refractivity contribution in [3.05, 3.63) is 63.9 Å². The van der Waals surface area contributed by atoms with Gasteiger partial charge < -0.3 is 14.2 Å². The standard InChI is InChI=1S/C20H18ClN3O3S/c21-15-6-2-1-5-14(15)19(26)22-20-24(16-7-3-4-8-17(16)28-20)13-18(25)23-9-11-27-12-10-23/h1-8H,9-13H2. The molecule has 0 bridgehead atoms. The van der Waals surface area contributed by atoms with Crippen LogP contribution in [0, 0.1) is 0 Å².